The number of aromatic nitrogens is 2. The lowest BCUT2D eigenvalue weighted by atomic mass is 10.0. The number of hydrogen-bond acceptors (Lipinski definition) is 2. The van der Waals surface area contributed by atoms with Crippen LogP contribution in [0.15, 0.2) is 83.8 Å². The summed E-state index contributed by atoms with van der Waals surface area (Å²) in [4.78, 5) is 27.8. The summed E-state index contributed by atoms with van der Waals surface area (Å²) in [5, 5.41) is 5.58. The molecule has 2 N–H and O–H groups in total. The van der Waals surface area contributed by atoms with E-state index in [1.807, 2.05) is 85.3 Å². The Hall–Kier alpha value is -4.12. The van der Waals surface area contributed by atoms with Gasteiger partial charge in [0.15, 0.2) is 0 Å². The van der Waals surface area contributed by atoms with Crippen LogP contribution in [-0.2, 0) is 7.05 Å². The van der Waals surface area contributed by atoms with E-state index in [9.17, 15) is 9.59 Å². The Morgan fingerprint density at radius 2 is 1.68 bits per heavy atom. The lowest BCUT2D eigenvalue weighted by Gasteiger charge is -2.09. The second kappa shape index (κ2) is 7.29. The highest BCUT2D eigenvalue weighted by molar-refractivity contribution is 6.06. The van der Waals surface area contributed by atoms with E-state index in [2.05, 4.69) is 16.4 Å². The molecule has 2 aromatic heterocycles. The van der Waals surface area contributed by atoms with Crippen LogP contribution in [0, 0.1) is 6.92 Å². The number of benzene rings is 3. The van der Waals surface area contributed by atoms with Gasteiger partial charge >= 0.3 is 0 Å². The molecule has 0 aliphatic heterocycles. The van der Waals surface area contributed by atoms with Gasteiger partial charge in [-0.15, -0.1) is 0 Å². The average molecular weight is 407 g/mol. The minimum absolute atomic E-state index is 0.103. The Kier molecular flexibility index (Phi) is 4.44. The summed E-state index contributed by atoms with van der Waals surface area (Å²) in [5.74, 6) is -0.154. The van der Waals surface area contributed by atoms with Gasteiger partial charge in [0, 0.05) is 40.8 Å². The highest BCUT2D eigenvalue weighted by Gasteiger charge is 2.14. The third-order valence-corrected chi connectivity index (χ3v) is 5.70. The summed E-state index contributed by atoms with van der Waals surface area (Å²) < 4.78 is 1.92. The number of aromatic amines is 1. The molecule has 0 spiro atoms. The number of nitrogens with one attached hydrogen (secondary N) is 2. The summed E-state index contributed by atoms with van der Waals surface area (Å²) >= 11 is 0. The van der Waals surface area contributed by atoms with Crippen molar-refractivity contribution < 1.29 is 4.79 Å². The number of nitrogens with zero attached hydrogens (tertiary/aromatic N) is 1. The summed E-state index contributed by atoms with van der Waals surface area (Å²) in [5.41, 5.74) is 5.31. The first-order chi connectivity index (χ1) is 15.0. The number of rotatable bonds is 3. The van der Waals surface area contributed by atoms with Gasteiger partial charge in [-0.2, -0.15) is 0 Å². The molecule has 3 aromatic carbocycles. The van der Waals surface area contributed by atoms with Crippen molar-refractivity contribution in [3.8, 4) is 11.1 Å². The van der Waals surface area contributed by atoms with Crippen LogP contribution in [0.25, 0.3) is 32.8 Å². The summed E-state index contributed by atoms with van der Waals surface area (Å²) in [6.07, 6.45) is 1.73. The molecule has 152 valence electrons. The van der Waals surface area contributed by atoms with Gasteiger partial charge < -0.3 is 14.9 Å². The van der Waals surface area contributed by atoms with Crippen molar-refractivity contribution in [2.45, 2.75) is 6.92 Å². The molecule has 2 heterocycles. The van der Waals surface area contributed by atoms with Gasteiger partial charge in [0.1, 0.15) is 5.69 Å². The lowest BCUT2D eigenvalue weighted by molar-refractivity contribution is 0.101. The SMILES string of the molecule is Cc1ccc2cc(C(=O)Nc3ccc(-c4c[nH]c(=O)c5ccccc45)cc3)n(C)c2c1. The van der Waals surface area contributed by atoms with Crippen LogP contribution in [0.1, 0.15) is 16.1 Å². The first kappa shape index (κ1) is 18.9. The van der Waals surface area contributed by atoms with Crippen molar-refractivity contribution in [3.05, 3.63) is 101 Å². The van der Waals surface area contributed by atoms with Gasteiger partial charge in [-0.05, 0) is 53.8 Å². The van der Waals surface area contributed by atoms with Crippen LogP contribution in [0.4, 0.5) is 5.69 Å². The van der Waals surface area contributed by atoms with Gasteiger partial charge in [0.25, 0.3) is 11.5 Å². The Morgan fingerprint density at radius 1 is 0.935 bits per heavy atom. The Labute approximate surface area is 179 Å². The molecule has 5 nitrogen and oxygen atoms in total. The third kappa shape index (κ3) is 3.30. The van der Waals surface area contributed by atoms with Gasteiger partial charge in [-0.25, -0.2) is 0 Å². The van der Waals surface area contributed by atoms with E-state index >= 15 is 0 Å². The number of carbonyl (C=O) groups is 1. The number of anilines is 1. The van der Waals surface area contributed by atoms with Crippen molar-refractivity contribution in [2.75, 3.05) is 5.32 Å². The summed E-state index contributed by atoms with van der Waals surface area (Å²) in [7, 11) is 1.90. The van der Waals surface area contributed by atoms with Gasteiger partial charge in [-0.1, -0.05) is 42.5 Å². The van der Waals surface area contributed by atoms with Crippen LogP contribution < -0.4 is 10.9 Å². The van der Waals surface area contributed by atoms with E-state index in [0.29, 0.717) is 16.8 Å². The maximum atomic E-state index is 12.9. The first-order valence-electron chi connectivity index (χ1n) is 10.1. The first-order valence-corrected chi connectivity index (χ1v) is 10.1. The molecule has 5 rings (SSSR count). The zero-order valence-corrected chi connectivity index (χ0v) is 17.3. The second-order valence-corrected chi connectivity index (χ2v) is 7.76. The van der Waals surface area contributed by atoms with E-state index in [-0.39, 0.29) is 11.5 Å². The third-order valence-electron chi connectivity index (χ3n) is 5.70. The van der Waals surface area contributed by atoms with Crippen LogP contribution >= 0.6 is 0 Å². The fraction of sp³-hybridized carbons (Fsp3) is 0.0769. The number of fused-ring (bicyclic) bond motifs is 2. The van der Waals surface area contributed by atoms with Crippen LogP contribution in [0.5, 0.6) is 0 Å². The number of aryl methyl sites for hydroxylation is 2. The standard InChI is InChI=1S/C26H21N3O2/c1-16-7-8-18-14-24(29(2)23(18)13-16)26(31)28-19-11-9-17(10-12-19)22-15-27-25(30)21-6-4-3-5-20(21)22/h3-15H,1-2H3,(H,27,30)(H,28,31). The van der Waals surface area contributed by atoms with Crippen LogP contribution in [-0.4, -0.2) is 15.5 Å². The maximum absolute atomic E-state index is 12.9. The summed E-state index contributed by atoms with van der Waals surface area (Å²) in [6.45, 7) is 2.04. The second-order valence-electron chi connectivity index (χ2n) is 7.76. The number of pyridine rings is 1. The van der Waals surface area contributed by atoms with Crippen molar-refractivity contribution in [2.24, 2.45) is 7.05 Å². The van der Waals surface area contributed by atoms with E-state index in [1.165, 1.54) is 0 Å². The van der Waals surface area contributed by atoms with Gasteiger partial charge in [-0.3, -0.25) is 9.59 Å². The predicted molar refractivity (Wildman–Crippen MR) is 126 cm³/mol. The van der Waals surface area contributed by atoms with Crippen molar-refractivity contribution in [1.82, 2.24) is 9.55 Å². The van der Waals surface area contributed by atoms with Crippen molar-refractivity contribution in [3.63, 3.8) is 0 Å². The number of hydrogen-bond donors (Lipinski definition) is 2. The van der Waals surface area contributed by atoms with E-state index in [1.54, 1.807) is 6.20 Å². The largest absolute Gasteiger partial charge is 0.340 e. The van der Waals surface area contributed by atoms with E-state index in [4.69, 9.17) is 0 Å². The Balaban J connectivity index is 1.44. The van der Waals surface area contributed by atoms with E-state index < -0.39 is 0 Å². The molecule has 0 saturated heterocycles. The smallest absolute Gasteiger partial charge is 0.272 e. The Bertz CT molecular complexity index is 1510. The molecule has 0 aliphatic rings. The fourth-order valence-electron chi connectivity index (χ4n) is 4.03. The highest BCUT2D eigenvalue weighted by atomic mass is 16.2. The molecule has 0 fully saturated rings. The number of carbonyl (C=O) groups excluding carboxylic acids is 1. The average Bonchev–Trinajstić information content (AvgIpc) is 3.11. The molecule has 0 atom stereocenters. The van der Waals surface area contributed by atoms with Crippen LogP contribution in [0.2, 0.25) is 0 Å². The molecule has 5 aromatic rings. The molecule has 1 amide bonds. The molecular formula is C26H21N3O2. The van der Waals surface area contributed by atoms with Crippen molar-refractivity contribution in [1.29, 1.82) is 0 Å². The van der Waals surface area contributed by atoms with E-state index in [0.717, 1.165) is 33.0 Å². The van der Waals surface area contributed by atoms with Crippen molar-refractivity contribution >= 4 is 33.3 Å². The molecule has 0 unspecified atom stereocenters. The molecule has 0 saturated carbocycles. The molecule has 0 aliphatic carbocycles. The normalized spacial score (nSPS) is 11.2. The quantitative estimate of drug-likeness (QED) is 0.429. The summed E-state index contributed by atoms with van der Waals surface area (Å²) in [6, 6.07) is 23.2. The van der Waals surface area contributed by atoms with Gasteiger partial charge in [0.05, 0.1) is 0 Å². The maximum Gasteiger partial charge on any atom is 0.272 e. The number of amides is 1. The zero-order valence-electron chi connectivity index (χ0n) is 17.3. The highest BCUT2D eigenvalue weighted by Crippen LogP contribution is 2.27. The Morgan fingerprint density at radius 3 is 2.45 bits per heavy atom. The fourth-order valence-corrected chi connectivity index (χ4v) is 4.03. The van der Waals surface area contributed by atoms with Crippen LogP contribution in [0.3, 0.4) is 0 Å². The molecule has 31 heavy (non-hydrogen) atoms. The minimum Gasteiger partial charge on any atom is -0.340 e. The zero-order chi connectivity index (χ0) is 21.5. The molecular weight excluding hydrogens is 386 g/mol. The van der Waals surface area contributed by atoms with Gasteiger partial charge in [0.2, 0.25) is 0 Å². The minimum atomic E-state index is -0.154. The lowest BCUT2D eigenvalue weighted by Crippen LogP contribution is -2.15. The molecule has 5 heteroatoms. The monoisotopic (exact) mass is 407 g/mol. The topological polar surface area (TPSA) is 66.9 Å². The molecule has 0 radical (unpaired) electrons. The molecule has 0 bridgehead atoms. The predicted octanol–water partition coefficient (Wildman–Crippen LogP) is 5.25. The number of H-pyrrole nitrogens is 1.